The molecule has 3 fully saturated rings. The van der Waals surface area contributed by atoms with Crippen LogP contribution in [0.2, 0.25) is 0 Å². The van der Waals surface area contributed by atoms with Crippen molar-refractivity contribution in [1.29, 1.82) is 0 Å². The number of hydrogen-bond acceptors (Lipinski definition) is 6. The molecule has 1 N–H and O–H groups in total. The lowest BCUT2D eigenvalue weighted by molar-refractivity contribution is -0.117. The molecule has 0 radical (unpaired) electrons. The highest BCUT2D eigenvalue weighted by atomic mass is 32.2. The molecule has 2 unspecified atom stereocenters. The highest BCUT2D eigenvalue weighted by Crippen LogP contribution is 2.31. The Balaban J connectivity index is 1.28. The zero-order valence-electron chi connectivity index (χ0n) is 22.8. The maximum atomic E-state index is 13.0. The van der Waals surface area contributed by atoms with Crippen molar-refractivity contribution in [2.24, 2.45) is 10.9 Å². The van der Waals surface area contributed by atoms with Crippen molar-refractivity contribution in [3.8, 4) is 0 Å². The molecule has 7 nitrogen and oxygen atoms in total. The molecular weight excluding hydrogens is 482 g/mol. The number of carbonyl (C=O) groups is 1. The summed E-state index contributed by atoms with van der Waals surface area (Å²) in [5.41, 5.74) is 6.44. The number of amides is 1. The van der Waals surface area contributed by atoms with Gasteiger partial charge in [0.05, 0.1) is 6.10 Å². The van der Waals surface area contributed by atoms with Crippen LogP contribution in [0.4, 0.5) is 5.69 Å². The van der Waals surface area contributed by atoms with Crippen LogP contribution in [0.1, 0.15) is 63.4 Å². The first kappa shape index (κ1) is 28.1. The van der Waals surface area contributed by atoms with Crippen LogP contribution < -0.4 is 10.3 Å². The molecule has 1 aromatic rings. The number of hydrogen-bond donors (Lipinski definition) is 1. The highest BCUT2D eigenvalue weighted by molar-refractivity contribution is 8.13. The van der Waals surface area contributed by atoms with Gasteiger partial charge < -0.3 is 9.64 Å². The predicted molar refractivity (Wildman–Crippen MR) is 155 cm³/mol. The molecule has 3 aliphatic rings. The molecule has 0 bridgehead atoms. The molecule has 3 heterocycles. The molecule has 0 aromatic heterocycles. The Labute approximate surface area is 227 Å². The third-order valence-electron chi connectivity index (χ3n) is 7.77. The van der Waals surface area contributed by atoms with Gasteiger partial charge in [-0.1, -0.05) is 36.9 Å². The Bertz CT molecular complexity index is 909. The Morgan fingerprint density at radius 3 is 2.65 bits per heavy atom. The van der Waals surface area contributed by atoms with Gasteiger partial charge in [0.25, 0.3) is 0 Å². The summed E-state index contributed by atoms with van der Waals surface area (Å²) >= 11 is 1.74. The zero-order chi connectivity index (χ0) is 26.0. The minimum absolute atomic E-state index is 0.0426. The van der Waals surface area contributed by atoms with Gasteiger partial charge in [-0.15, -0.1) is 0 Å². The second-order valence-corrected chi connectivity index (χ2v) is 11.5. The van der Waals surface area contributed by atoms with E-state index in [0.717, 1.165) is 48.3 Å². The number of anilines is 1. The van der Waals surface area contributed by atoms with Gasteiger partial charge in [0.1, 0.15) is 0 Å². The number of aliphatic imine (C=N–C) groups is 1. The summed E-state index contributed by atoms with van der Waals surface area (Å²) in [5.74, 6) is 1.18. The number of benzene rings is 1. The van der Waals surface area contributed by atoms with Crippen LogP contribution in [0, 0.1) is 5.92 Å². The Hall–Kier alpha value is -1.87. The molecule has 1 amide bonds. The number of nitrogens with one attached hydrogen (secondary N) is 1. The highest BCUT2D eigenvalue weighted by Gasteiger charge is 2.35. The lowest BCUT2D eigenvalue weighted by atomic mass is 10.1. The summed E-state index contributed by atoms with van der Waals surface area (Å²) in [6, 6.07) is 8.55. The van der Waals surface area contributed by atoms with Crippen molar-refractivity contribution in [3.63, 3.8) is 0 Å². The minimum Gasteiger partial charge on any atom is -0.378 e. The molecule has 37 heavy (non-hydrogen) atoms. The zero-order valence-corrected chi connectivity index (χ0v) is 23.6. The first-order valence-corrected chi connectivity index (χ1v) is 15.1. The van der Waals surface area contributed by atoms with Crippen LogP contribution in [0.5, 0.6) is 0 Å². The largest absolute Gasteiger partial charge is 0.378 e. The average Bonchev–Trinajstić information content (AvgIpc) is 3.33. The molecule has 3 aliphatic heterocycles. The van der Waals surface area contributed by atoms with E-state index in [0.29, 0.717) is 19.1 Å². The molecule has 0 spiro atoms. The lowest BCUT2D eigenvalue weighted by Gasteiger charge is -2.29. The molecule has 4 rings (SSSR count). The smallest absolute Gasteiger partial charge is 0.227 e. The summed E-state index contributed by atoms with van der Waals surface area (Å²) < 4.78 is 5.87. The maximum Gasteiger partial charge on any atom is 0.227 e. The van der Waals surface area contributed by atoms with Crippen molar-refractivity contribution in [1.82, 2.24) is 15.3 Å². The minimum atomic E-state index is 0.0426. The molecule has 1 aromatic carbocycles. The van der Waals surface area contributed by atoms with Gasteiger partial charge in [0, 0.05) is 63.3 Å². The standard InChI is InChI=1S/C29H45N5O2S/c1-23(34(31-3)29(30-2)37-19-9-11-27-10-5-8-18-36-27)25-20-28(35)33(22-25)26-14-12-24(13-15-26)21-32-16-6-4-7-17-32/h12-15,25,27,31H,1,4-11,16-22H2,2-3H3/b30-29-. The molecular formula is C29H45N5O2S. The Morgan fingerprint density at radius 2 is 1.97 bits per heavy atom. The molecule has 2 atom stereocenters. The fraction of sp³-hybridized carbons (Fsp3) is 0.655. The summed E-state index contributed by atoms with van der Waals surface area (Å²) in [6.07, 6.45) is 10.7. The average molecular weight is 528 g/mol. The Morgan fingerprint density at radius 1 is 1.19 bits per heavy atom. The van der Waals surface area contributed by atoms with Gasteiger partial charge in [-0.3, -0.25) is 19.7 Å². The lowest BCUT2D eigenvalue weighted by Crippen LogP contribution is -2.41. The van der Waals surface area contributed by atoms with Gasteiger partial charge in [0.15, 0.2) is 5.17 Å². The molecule has 3 saturated heterocycles. The van der Waals surface area contributed by atoms with Crippen molar-refractivity contribution in [2.75, 3.05) is 51.0 Å². The van der Waals surface area contributed by atoms with Crippen LogP contribution in [0.15, 0.2) is 41.5 Å². The molecule has 204 valence electrons. The number of ether oxygens (including phenoxy) is 1. The van der Waals surface area contributed by atoms with Gasteiger partial charge >= 0.3 is 0 Å². The number of thioether (sulfide) groups is 1. The number of amidine groups is 1. The van der Waals surface area contributed by atoms with E-state index in [4.69, 9.17) is 4.74 Å². The molecule has 0 saturated carbocycles. The van der Waals surface area contributed by atoms with E-state index in [9.17, 15) is 4.79 Å². The van der Waals surface area contributed by atoms with E-state index in [1.165, 1.54) is 57.2 Å². The number of likely N-dealkylation sites (tertiary alicyclic amines) is 1. The van der Waals surface area contributed by atoms with Gasteiger partial charge in [0.2, 0.25) is 5.91 Å². The summed E-state index contributed by atoms with van der Waals surface area (Å²) in [6.45, 7) is 9.31. The van der Waals surface area contributed by atoms with E-state index < -0.39 is 0 Å². The number of hydrazine groups is 1. The first-order valence-electron chi connectivity index (χ1n) is 14.1. The second-order valence-electron chi connectivity index (χ2n) is 10.4. The van der Waals surface area contributed by atoms with E-state index in [2.05, 4.69) is 46.2 Å². The van der Waals surface area contributed by atoms with Crippen LogP contribution in [-0.2, 0) is 16.1 Å². The number of piperidine rings is 1. The van der Waals surface area contributed by atoms with Crippen molar-refractivity contribution < 1.29 is 9.53 Å². The van der Waals surface area contributed by atoms with Crippen LogP contribution >= 0.6 is 11.8 Å². The monoisotopic (exact) mass is 527 g/mol. The topological polar surface area (TPSA) is 60.4 Å². The quantitative estimate of drug-likeness (QED) is 0.199. The van der Waals surface area contributed by atoms with Gasteiger partial charge in [-0.2, -0.15) is 0 Å². The van der Waals surface area contributed by atoms with Crippen molar-refractivity contribution in [2.45, 2.75) is 70.4 Å². The third-order valence-corrected chi connectivity index (χ3v) is 8.88. The SMILES string of the molecule is C=C(C1CC(=O)N(c2ccc(CN3CCCCC3)cc2)C1)N(NC)/C(=N/C)SCCCC1CCCCO1. The van der Waals surface area contributed by atoms with Crippen molar-refractivity contribution in [3.05, 3.63) is 42.1 Å². The van der Waals surface area contributed by atoms with E-state index in [1.807, 2.05) is 24.0 Å². The third kappa shape index (κ3) is 7.82. The van der Waals surface area contributed by atoms with E-state index in [1.54, 1.807) is 11.8 Å². The fourth-order valence-corrected chi connectivity index (χ4v) is 6.58. The summed E-state index contributed by atoms with van der Waals surface area (Å²) in [5, 5.41) is 2.86. The first-order chi connectivity index (χ1) is 18.1. The van der Waals surface area contributed by atoms with Crippen LogP contribution in [0.3, 0.4) is 0 Å². The summed E-state index contributed by atoms with van der Waals surface area (Å²) in [7, 11) is 3.71. The summed E-state index contributed by atoms with van der Waals surface area (Å²) in [4.78, 5) is 22.0. The fourth-order valence-electron chi connectivity index (χ4n) is 5.62. The van der Waals surface area contributed by atoms with E-state index >= 15 is 0 Å². The second kappa shape index (κ2) is 14.3. The number of nitrogens with zero attached hydrogens (tertiary/aromatic N) is 4. The molecule has 8 heteroatoms. The normalized spacial score (nSPS) is 23.5. The predicted octanol–water partition coefficient (Wildman–Crippen LogP) is 5.04. The maximum absolute atomic E-state index is 13.0. The van der Waals surface area contributed by atoms with Gasteiger partial charge in [-0.25, -0.2) is 5.43 Å². The van der Waals surface area contributed by atoms with E-state index in [-0.39, 0.29) is 11.8 Å². The van der Waals surface area contributed by atoms with Gasteiger partial charge in [-0.05, 0) is 75.7 Å². The Kier molecular flexibility index (Phi) is 10.9. The van der Waals surface area contributed by atoms with Crippen molar-refractivity contribution >= 4 is 28.5 Å². The number of carbonyl (C=O) groups excluding carboxylic acids is 1. The van der Waals surface area contributed by atoms with Crippen LogP contribution in [-0.4, -0.2) is 73.2 Å². The molecule has 0 aliphatic carbocycles. The number of rotatable bonds is 10. The van der Waals surface area contributed by atoms with Crippen LogP contribution in [0.25, 0.3) is 0 Å².